The van der Waals surface area contributed by atoms with Crippen LogP contribution in [0, 0.1) is 18.3 Å². The van der Waals surface area contributed by atoms with Crippen LogP contribution in [0.4, 0.5) is 0 Å². The van der Waals surface area contributed by atoms with E-state index in [1.54, 1.807) is 6.26 Å². The van der Waals surface area contributed by atoms with E-state index in [-0.39, 0.29) is 0 Å². The average molecular weight is 273 g/mol. The molecule has 100 valence electrons. The van der Waals surface area contributed by atoms with Gasteiger partial charge in [-0.1, -0.05) is 12.1 Å². The molecule has 0 aliphatic rings. The Bertz CT molecular complexity index is 1000. The lowest BCUT2D eigenvalue weighted by Gasteiger charge is -2.07. The van der Waals surface area contributed by atoms with E-state index in [1.807, 2.05) is 53.8 Å². The van der Waals surface area contributed by atoms with E-state index < -0.39 is 0 Å². The second-order valence-corrected chi connectivity index (χ2v) is 4.94. The molecule has 0 aliphatic carbocycles. The van der Waals surface area contributed by atoms with Crippen molar-refractivity contribution in [1.29, 1.82) is 5.26 Å². The molecule has 0 saturated heterocycles. The van der Waals surface area contributed by atoms with Crippen molar-refractivity contribution in [3.05, 3.63) is 59.9 Å². The van der Waals surface area contributed by atoms with Gasteiger partial charge in [-0.05, 0) is 42.8 Å². The second-order valence-electron chi connectivity index (χ2n) is 4.94. The number of benzene rings is 1. The third-order valence-corrected chi connectivity index (χ3v) is 3.66. The van der Waals surface area contributed by atoms with Crippen LogP contribution in [0.25, 0.3) is 28.1 Å². The summed E-state index contributed by atoms with van der Waals surface area (Å²) in [7, 11) is 0. The van der Waals surface area contributed by atoms with Crippen LogP contribution >= 0.6 is 0 Å². The molecule has 1 aromatic carbocycles. The summed E-state index contributed by atoms with van der Waals surface area (Å²) in [5.41, 5.74) is 4.90. The molecule has 0 saturated carbocycles. The number of aryl methyl sites for hydroxylation is 1. The quantitative estimate of drug-likeness (QED) is 0.528. The molecule has 4 rings (SSSR count). The van der Waals surface area contributed by atoms with Crippen LogP contribution in [-0.4, -0.2) is 9.38 Å². The maximum absolute atomic E-state index is 9.44. The number of furan rings is 1. The van der Waals surface area contributed by atoms with Crippen molar-refractivity contribution < 1.29 is 4.42 Å². The lowest BCUT2D eigenvalue weighted by molar-refractivity contribution is 0.579. The van der Waals surface area contributed by atoms with Gasteiger partial charge in [0, 0.05) is 0 Å². The van der Waals surface area contributed by atoms with Gasteiger partial charge in [-0.2, -0.15) is 5.26 Å². The first-order chi connectivity index (χ1) is 10.3. The number of para-hydroxylation sites is 2. The van der Waals surface area contributed by atoms with Crippen molar-refractivity contribution in [2.24, 2.45) is 0 Å². The molecule has 3 aromatic heterocycles. The summed E-state index contributed by atoms with van der Waals surface area (Å²) in [6.45, 7) is 1.92. The molecular formula is C17H11N3O. The summed E-state index contributed by atoms with van der Waals surface area (Å²) < 4.78 is 7.53. The van der Waals surface area contributed by atoms with Gasteiger partial charge >= 0.3 is 0 Å². The third-order valence-electron chi connectivity index (χ3n) is 3.66. The summed E-state index contributed by atoms with van der Waals surface area (Å²) in [5.74, 6) is 0.760. The smallest absolute Gasteiger partial charge is 0.156 e. The number of nitriles is 1. The Balaban J connectivity index is 2.27. The fourth-order valence-electron chi connectivity index (χ4n) is 2.70. The Morgan fingerprint density at radius 2 is 2.05 bits per heavy atom. The van der Waals surface area contributed by atoms with Crippen molar-refractivity contribution in [2.45, 2.75) is 6.92 Å². The van der Waals surface area contributed by atoms with Gasteiger partial charge in [-0.3, -0.25) is 4.40 Å². The summed E-state index contributed by atoms with van der Waals surface area (Å²) in [5, 5.41) is 9.44. The van der Waals surface area contributed by atoms with E-state index in [0.29, 0.717) is 11.2 Å². The molecule has 0 radical (unpaired) electrons. The van der Waals surface area contributed by atoms with Gasteiger partial charge in [0.25, 0.3) is 0 Å². The standard InChI is InChI=1S/C17H11N3O/c1-11-9-15(16-7-4-8-21-16)20-14-6-3-2-5-13(14)19-17(20)12(11)10-18/h2-9H,1H3. The molecule has 0 amide bonds. The topological polar surface area (TPSA) is 54.2 Å². The first kappa shape index (κ1) is 11.7. The van der Waals surface area contributed by atoms with Crippen LogP contribution in [0.2, 0.25) is 0 Å². The molecule has 4 aromatic rings. The van der Waals surface area contributed by atoms with Crippen molar-refractivity contribution in [2.75, 3.05) is 0 Å². The zero-order valence-electron chi connectivity index (χ0n) is 11.4. The van der Waals surface area contributed by atoms with Crippen LogP contribution in [-0.2, 0) is 0 Å². The van der Waals surface area contributed by atoms with E-state index >= 15 is 0 Å². The molecule has 0 aliphatic heterocycles. The number of imidazole rings is 1. The molecule has 21 heavy (non-hydrogen) atoms. The molecule has 3 heterocycles. The number of fused-ring (bicyclic) bond motifs is 3. The number of rotatable bonds is 1. The van der Waals surface area contributed by atoms with Gasteiger partial charge < -0.3 is 4.42 Å². The van der Waals surface area contributed by atoms with E-state index in [4.69, 9.17) is 4.42 Å². The normalized spacial score (nSPS) is 11.0. The Morgan fingerprint density at radius 3 is 2.81 bits per heavy atom. The van der Waals surface area contributed by atoms with Gasteiger partial charge in [0.2, 0.25) is 0 Å². The van der Waals surface area contributed by atoms with E-state index in [2.05, 4.69) is 11.1 Å². The van der Waals surface area contributed by atoms with Crippen molar-refractivity contribution in [3.8, 4) is 17.5 Å². The molecule has 0 atom stereocenters. The first-order valence-electron chi connectivity index (χ1n) is 6.64. The van der Waals surface area contributed by atoms with Gasteiger partial charge in [0.05, 0.1) is 28.6 Å². The van der Waals surface area contributed by atoms with Gasteiger partial charge in [-0.15, -0.1) is 0 Å². The van der Waals surface area contributed by atoms with Crippen LogP contribution < -0.4 is 0 Å². The van der Waals surface area contributed by atoms with Crippen molar-refractivity contribution in [3.63, 3.8) is 0 Å². The number of hydrogen-bond donors (Lipinski definition) is 0. The molecule has 0 N–H and O–H groups in total. The van der Waals surface area contributed by atoms with Gasteiger partial charge in [0.15, 0.2) is 11.4 Å². The Morgan fingerprint density at radius 1 is 1.19 bits per heavy atom. The summed E-state index contributed by atoms with van der Waals surface area (Å²) >= 11 is 0. The number of pyridine rings is 1. The lowest BCUT2D eigenvalue weighted by Crippen LogP contribution is -1.97. The van der Waals surface area contributed by atoms with E-state index in [1.165, 1.54) is 0 Å². The fraction of sp³-hybridized carbons (Fsp3) is 0.0588. The lowest BCUT2D eigenvalue weighted by atomic mass is 10.1. The highest BCUT2D eigenvalue weighted by atomic mass is 16.3. The summed E-state index contributed by atoms with van der Waals surface area (Å²) in [6.07, 6.45) is 1.65. The highest BCUT2D eigenvalue weighted by molar-refractivity contribution is 5.85. The maximum atomic E-state index is 9.44. The molecular weight excluding hydrogens is 262 g/mol. The molecule has 0 unspecified atom stereocenters. The van der Waals surface area contributed by atoms with E-state index in [9.17, 15) is 5.26 Å². The molecule has 4 nitrogen and oxygen atoms in total. The number of nitrogens with zero attached hydrogens (tertiary/aromatic N) is 3. The maximum Gasteiger partial charge on any atom is 0.156 e. The number of hydrogen-bond acceptors (Lipinski definition) is 3. The van der Waals surface area contributed by atoms with Crippen molar-refractivity contribution >= 4 is 16.7 Å². The Hall–Kier alpha value is -3.06. The van der Waals surface area contributed by atoms with Crippen molar-refractivity contribution in [1.82, 2.24) is 9.38 Å². The second kappa shape index (κ2) is 4.22. The predicted octanol–water partition coefficient (Wildman–Crippen LogP) is 3.93. The number of aromatic nitrogens is 2. The van der Waals surface area contributed by atoms with Gasteiger partial charge in [0.1, 0.15) is 6.07 Å². The minimum atomic E-state index is 0.599. The van der Waals surface area contributed by atoms with Gasteiger partial charge in [-0.25, -0.2) is 4.98 Å². The largest absolute Gasteiger partial charge is 0.463 e. The summed E-state index contributed by atoms with van der Waals surface area (Å²) in [6, 6.07) is 15.9. The zero-order chi connectivity index (χ0) is 14.4. The predicted molar refractivity (Wildman–Crippen MR) is 79.9 cm³/mol. The molecule has 0 bridgehead atoms. The Labute approximate surface area is 120 Å². The SMILES string of the molecule is Cc1cc(-c2ccco2)n2c(nc3ccccc32)c1C#N. The third kappa shape index (κ3) is 1.58. The average Bonchev–Trinajstić information content (AvgIpc) is 3.14. The van der Waals surface area contributed by atoms with Crippen LogP contribution in [0.3, 0.4) is 0 Å². The fourth-order valence-corrected chi connectivity index (χ4v) is 2.70. The van der Waals surface area contributed by atoms with Crippen LogP contribution in [0.15, 0.2) is 53.1 Å². The molecule has 0 fully saturated rings. The summed E-state index contributed by atoms with van der Waals surface area (Å²) in [4.78, 5) is 4.62. The molecule has 0 spiro atoms. The monoisotopic (exact) mass is 273 g/mol. The van der Waals surface area contributed by atoms with E-state index in [0.717, 1.165) is 28.1 Å². The Kier molecular flexibility index (Phi) is 2.36. The van der Waals surface area contributed by atoms with Crippen LogP contribution in [0.1, 0.15) is 11.1 Å². The minimum Gasteiger partial charge on any atom is -0.463 e. The first-order valence-corrected chi connectivity index (χ1v) is 6.64. The highest BCUT2D eigenvalue weighted by Gasteiger charge is 2.16. The highest BCUT2D eigenvalue weighted by Crippen LogP contribution is 2.29. The molecule has 4 heteroatoms. The van der Waals surface area contributed by atoms with Crippen LogP contribution in [0.5, 0.6) is 0 Å². The zero-order valence-corrected chi connectivity index (χ0v) is 11.4. The minimum absolute atomic E-state index is 0.599.